The highest BCUT2D eigenvalue weighted by Gasteiger charge is 2.27. The van der Waals surface area contributed by atoms with Crippen LogP contribution in [0.15, 0.2) is 42.5 Å². The fourth-order valence-electron chi connectivity index (χ4n) is 3.06. The molecule has 1 amide bonds. The van der Waals surface area contributed by atoms with Gasteiger partial charge in [-0.1, -0.05) is 43.6 Å². The molecule has 0 aromatic heterocycles. The van der Waals surface area contributed by atoms with Gasteiger partial charge in [-0.25, -0.2) is 4.79 Å². The number of ether oxygens (including phenoxy) is 2. The van der Waals surface area contributed by atoms with Crippen molar-refractivity contribution in [3.05, 3.63) is 64.2 Å². The number of carbonyl (C=O) groups is 2. The van der Waals surface area contributed by atoms with Gasteiger partial charge in [0.15, 0.2) is 0 Å². The third-order valence-corrected chi connectivity index (χ3v) is 5.43. The molecule has 0 atom stereocenters. The van der Waals surface area contributed by atoms with Crippen LogP contribution in [0.25, 0.3) is 6.08 Å². The Balaban J connectivity index is 1.89. The summed E-state index contributed by atoms with van der Waals surface area (Å²) in [7, 11) is 0. The number of hydrogen-bond donors (Lipinski definition) is 1. The molecule has 0 radical (unpaired) electrons. The SMILES string of the molecule is CCOC(=O)/C=C/c1ccc(NC(=O)C(C)(C)CCCOc2cc(C)ccc2C)cc1Cl. The predicted octanol–water partition coefficient (Wildman–Crippen LogP) is 6.36. The first-order chi connectivity index (χ1) is 15.1. The average molecular weight is 458 g/mol. The summed E-state index contributed by atoms with van der Waals surface area (Å²) in [6.07, 6.45) is 4.35. The molecular formula is C26H32ClNO4. The molecule has 0 saturated heterocycles. The van der Waals surface area contributed by atoms with Gasteiger partial charge in [0.1, 0.15) is 5.75 Å². The van der Waals surface area contributed by atoms with Crippen molar-refractivity contribution >= 4 is 35.2 Å². The molecule has 6 heteroatoms. The molecule has 2 aromatic rings. The highest BCUT2D eigenvalue weighted by molar-refractivity contribution is 6.32. The van der Waals surface area contributed by atoms with Crippen LogP contribution in [0.5, 0.6) is 5.75 Å². The lowest BCUT2D eigenvalue weighted by atomic mass is 9.87. The minimum absolute atomic E-state index is 0.0879. The van der Waals surface area contributed by atoms with Crippen LogP contribution in [0.2, 0.25) is 5.02 Å². The minimum Gasteiger partial charge on any atom is -0.493 e. The molecule has 5 nitrogen and oxygen atoms in total. The highest BCUT2D eigenvalue weighted by Crippen LogP contribution is 2.28. The number of amides is 1. The molecule has 0 bridgehead atoms. The first-order valence-corrected chi connectivity index (χ1v) is 11.2. The number of esters is 1. The number of benzene rings is 2. The van der Waals surface area contributed by atoms with E-state index in [2.05, 4.69) is 11.4 Å². The zero-order valence-corrected chi connectivity index (χ0v) is 20.2. The van der Waals surface area contributed by atoms with E-state index in [1.54, 1.807) is 31.2 Å². The van der Waals surface area contributed by atoms with Gasteiger partial charge in [-0.3, -0.25) is 4.79 Å². The van der Waals surface area contributed by atoms with Crippen molar-refractivity contribution in [1.82, 2.24) is 0 Å². The van der Waals surface area contributed by atoms with E-state index in [0.717, 1.165) is 23.3 Å². The lowest BCUT2D eigenvalue weighted by Gasteiger charge is -2.24. The summed E-state index contributed by atoms with van der Waals surface area (Å²) in [5.74, 6) is 0.373. The quantitative estimate of drug-likeness (QED) is 0.256. The van der Waals surface area contributed by atoms with E-state index in [4.69, 9.17) is 21.1 Å². The molecule has 0 fully saturated rings. The molecule has 1 N–H and O–H groups in total. The van der Waals surface area contributed by atoms with E-state index in [-0.39, 0.29) is 5.91 Å². The molecule has 0 spiro atoms. The molecule has 0 unspecified atom stereocenters. The topological polar surface area (TPSA) is 64.6 Å². The number of hydrogen-bond acceptors (Lipinski definition) is 4. The Morgan fingerprint density at radius 1 is 1.12 bits per heavy atom. The van der Waals surface area contributed by atoms with Gasteiger partial charge in [-0.05, 0) is 74.6 Å². The summed E-state index contributed by atoms with van der Waals surface area (Å²) in [4.78, 5) is 24.3. The molecular weight excluding hydrogens is 426 g/mol. The van der Waals surface area contributed by atoms with Crippen LogP contribution in [0.4, 0.5) is 5.69 Å². The van der Waals surface area contributed by atoms with Gasteiger partial charge in [0.25, 0.3) is 0 Å². The van der Waals surface area contributed by atoms with Gasteiger partial charge in [0.2, 0.25) is 5.91 Å². The van der Waals surface area contributed by atoms with Crippen molar-refractivity contribution in [3.8, 4) is 5.75 Å². The predicted molar refractivity (Wildman–Crippen MR) is 130 cm³/mol. The Bertz CT molecular complexity index is 982. The van der Waals surface area contributed by atoms with Gasteiger partial charge < -0.3 is 14.8 Å². The summed E-state index contributed by atoms with van der Waals surface area (Å²) in [5.41, 5.74) is 2.96. The van der Waals surface area contributed by atoms with Gasteiger partial charge in [-0.15, -0.1) is 0 Å². The Labute approximate surface area is 195 Å². The Kier molecular flexibility index (Phi) is 9.33. The first kappa shape index (κ1) is 25.5. The van der Waals surface area contributed by atoms with Gasteiger partial charge >= 0.3 is 5.97 Å². The van der Waals surface area contributed by atoms with Crippen LogP contribution in [-0.2, 0) is 14.3 Å². The molecule has 0 aliphatic carbocycles. The zero-order chi connectivity index (χ0) is 23.7. The van der Waals surface area contributed by atoms with Crippen LogP contribution in [-0.4, -0.2) is 25.1 Å². The van der Waals surface area contributed by atoms with E-state index >= 15 is 0 Å². The standard InChI is InChI=1S/C26H32ClNO4/c1-6-31-24(29)13-11-20-10-12-21(17-22(20)27)28-25(30)26(4,5)14-7-15-32-23-16-18(2)8-9-19(23)3/h8-13,16-17H,6-7,14-15H2,1-5H3,(H,28,30)/b13-11+. The maximum atomic E-state index is 12.8. The summed E-state index contributed by atoms with van der Waals surface area (Å²) in [6.45, 7) is 10.5. The lowest BCUT2D eigenvalue weighted by Crippen LogP contribution is -2.31. The summed E-state index contributed by atoms with van der Waals surface area (Å²) in [6, 6.07) is 11.3. The van der Waals surface area contributed by atoms with Crippen molar-refractivity contribution in [1.29, 1.82) is 0 Å². The van der Waals surface area contributed by atoms with E-state index in [1.165, 1.54) is 6.08 Å². The van der Waals surface area contributed by atoms with E-state index < -0.39 is 11.4 Å². The van der Waals surface area contributed by atoms with Crippen LogP contribution in [0, 0.1) is 19.3 Å². The second kappa shape index (κ2) is 11.7. The number of nitrogens with one attached hydrogen (secondary N) is 1. The van der Waals surface area contributed by atoms with Crippen LogP contribution >= 0.6 is 11.6 Å². The number of anilines is 1. The summed E-state index contributed by atoms with van der Waals surface area (Å²) >= 11 is 6.30. The third-order valence-electron chi connectivity index (χ3n) is 5.11. The smallest absolute Gasteiger partial charge is 0.330 e. The lowest BCUT2D eigenvalue weighted by molar-refractivity contribution is -0.137. The molecule has 2 rings (SSSR count). The molecule has 0 aliphatic rings. The van der Waals surface area contributed by atoms with Crippen LogP contribution in [0.3, 0.4) is 0 Å². The molecule has 32 heavy (non-hydrogen) atoms. The van der Waals surface area contributed by atoms with Gasteiger partial charge in [-0.2, -0.15) is 0 Å². The van der Waals surface area contributed by atoms with Crippen molar-refractivity contribution < 1.29 is 19.1 Å². The maximum absolute atomic E-state index is 12.8. The minimum atomic E-state index is -0.569. The highest BCUT2D eigenvalue weighted by atomic mass is 35.5. The van der Waals surface area contributed by atoms with Crippen molar-refractivity contribution in [2.75, 3.05) is 18.5 Å². The molecule has 0 saturated carbocycles. The molecule has 172 valence electrons. The fourth-order valence-corrected chi connectivity index (χ4v) is 3.30. The summed E-state index contributed by atoms with van der Waals surface area (Å²) in [5, 5.41) is 3.36. The number of halogens is 1. The largest absolute Gasteiger partial charge is 0.493 e. The van der Waals surface area contributed by atoms with Gasteiger partial charge in [0.05, 0.1) is 13.2 Å². The molecule has 0 aliphatic heterocycles. The number of rotatable bonds is 10. The monoisotopic (exact) mass is 457 g/mol. The average Bonchev–Trinajstić information content (AvgIpc) is 2.73. The Morgan fingerprint density at radius 3 is 2.56 bits per heavy atom. The molecule has 2 aromatic carbocycles. The first-order valence-electron chi connectivity index (χ1n) is 10.8. The van der Waals surface area contributed by atoms with Gasteiger partial charge in [0, 0.05) is 22.2 Å². The van der Waals surface area contributed by atoms with Crippen molar-refractivity contribution in [2.45, 2.75) is 47.5 Å². The third kappa shape index (κ3) is 7.72. The van der Waals surface area contributed by atoms with E-state index in [1.807, 2.05) is 39.8 Å². The number of carbonyl (C=O) groups excluding carboxylic acids is 2. The van der Waals surface area contributed by atoms with E-state index in [9.17, 15) is 9.59 Å². The van der Waals surface area contributed by atoms with E-state index in [0.29, 0.717) is 35.9 Å². The maximum Gasteiger partial charge on any atom is 0.330 e. The van der Waals surface area contributed by atoms with Crippen molar-refractivity contribution in [2.24, 2.45) is 5.41 Å². The molecule has 0 heterocycles. The zero-order valence-electron chi connectivity index (χ0n) is 19.5. The second-order valence-electron chi connectivity index (χ2n) is 8.38. The van der Waals surface area contributed by atoms with Crippen LogP contribution in [0.1, 0.15) is 50.3 Å². The van der Waals surface area contributed by atoms with Crippen molar-refractivity contribution in [3.63, 3.8) is 0 Å². The fraction of sp³-hybridized carbons (Fsp3) is 0.385. The Hall–Kier alpha value is -2.79. The normalized spacial score (nSPS) is 11.4. The Morgan fingerprint density at radius 2 is 1.88 bits per heavy atom. The summed E-state index contributed by atoms with van der Waals surface area (Å²) < 4.78 is 10.8. The number of aryl methyl sites for hydroxylation is 2. The van der Waals surface area contributed by atoms with Crippen LogP contribution < -0.4 is 10.1 Å². The second-order valence-corrected chi connectivity index (χ2v) is 8.79.